The molecule has 0 amide bonds. The Kier molecular flexibility index (Phi) is 4.16. The van der Waals surface area contributed by atoms with Crippen molar-refractivity contribution in [1.82, 2.24) is 9.97 Å². The molecule has 1 unspecified atom stereocenters. The van der Waals surface area contributed by atoms with E-state index in [4.69, 9.17) is 5.11 Å². The van der Waals surface area contributed by atoms with Crippen LogP contribution in [0.5, 0.6) is 0 Å². The van der Waals surface area contributed by atoms with Crippen molar-refractivity contribution >= 4 is 17.7 Å². The van der Waals surface area contributed by atoms with Crippen LogP contribution in [0.3, 0.4) is 0 Å². The Hall–Kier alpha value is -0.810. The first kappa shape index (κ1) is 11.3. The first-order valence-electron chi connectivity index (χ1n) is 4.41. The number of aliphatic hydroxyl groups excluding tert-OH is 1. The molecule has 0 bridgehead atoms. The zero-order chi connectivity index (χ0) is 10.6. The van der Waals surface area contributed by atoms with E-state index in [-0.39, 0.29) is 11.9 Å². The van der Waals surface area contributed by atoms with Gasteiger partial charge in [0.05, 0.1) is 6.61 Å². The fourth-order valence-electron chi connectivity index (χ4n) is 0.857. The zero-order valence-corrected chi connectivity index (χ0v) is 9.45. The fraction of sp³-hybridized carbons (Fsp3) is 0.556. The van der Waals surface area contributed by atoms with Crippen molar-refractivity contribution in [2.24, 2.45) is 0 Å². The lowest BCUT2D eigenvalue weighted by atomic mass is 10.5. The Morgan fingerprint density at radius 1 is 1.57 bits per heavy atom. The standard InChI is InChI=1S/C9H15N3OS/c1-7(6-13)14-8-4-5-10-9(11-8)12(2)3/h4-5,7,13H,6H2,1-3H3. The van der Waals surface area contributed by atoms with Gasteiger partial charge < -0.3 is 10.0 Å². The summed E-state index contributed by atoms with van der Waals surface area (Å²) in [6.45, 7) is 2.12. The van der Waals surface area contributed by atoms with Crippen molar-refractivity contribution in [3.63, 3.8) is 0 Å². The van der Waals surface area contributed by atoms with Gasteiger partial charge in [0.1, 0.15) is 5.03 Å². The van der Waals surface area contributed by atoms with Gasteiger partial charge in [0.15, 0.2) is 0 Å². The predicted molar refractivity (Wildman–Crippen MR) is 58.8 cm³/mol. The summed E-state index contributed by atoms with van der Waals surface area (Å²) < 4.78 is 0. The van der Waals surface area contributed by atoms with Crippen LogP contribution in [0.15, 0.2) is 17.3 Å². The minimum Gasteiger partial charge on any atom is -0.395 e. The first-order chi connectivity index (χ1) is 6.63. The summed E-state index contributed by atoms with van der Waals surface area (Å²) in [4.78, 5) is 10.3. The second kappa shape index (κ2) is 5.17. The van der Waals surface area contributed by atoms with E-state index in [0.29, 0.717) is 5.95 Å². The number of nitrogens with zero attached hydrogens (tertiary/aromatic N) is 3. The van der Waals surface area contributed by atoms with Gasteiger partial charge >= 0.3 is 0 Å². The molecular weight excluding hydrogens is 198 g/mol. The molecular formula is C9H15N3OS. The second-order valence-corrected chi connectivity index (χ2v) is 4.66. The van der Waals surface area contributed by atoms with Crippen LogP contribution >= 0.6 is 11.8 Å². The largest absolute Gasteiger partial charge is 0.395 e. The highest BCUT2D eigenvalue weighted by Crippen LogP contribution is 2.21. The average molecular weight is 213 g/mol. The van der Waals surface area contributed by atoms with Crippen LogP contribution in [-0.2, 0) is 0 Å². The predicted octanol–water partition coefficient (Wildman–Crippen LogP) is 1.02. The summed E-state index contributed by atoms with van der Waals surface area (Å²) in [5.41, 5.74) is 0. The Morgan fingerprint density at radius 3 is 2.86 bits per heavy atom. The fourth-order valence-corrected chi connectivity index (χ4v) is 1.62. The highest BCUT2D eigenvalue weighted by Gasteiger charge is 2.05. The van der Waals surface area contributed by atoms with E-state index in [9.17, 15) is 0 Å². The Bertz CT molecular complexity index is 293. The molecule has 1 aromatic heterocycles. The zero-order valence-electron chi connectivity index (χ0n) is 8.64. The molecule has 0 aliphatic carbocycles. The van der Waals surface area contributed by atoms with Crippen LogP contribution < -0.4 is 4.90 Å². The summed E-state index contributed by atoms with van der Waals surface area (Å²) in [6.07, 6.45) is 1.73. The molecule has 1 rings (SSSR count). The lowest BCUT2D eigenvalue weighted by Crippen LogP contribution is -2.13. The molecule has 0 aromatic carbocycles. The highest BCUT2D eigenvalue weighted by atomic mass is 32.2. The Labute approximate surface area is 88.4 Å². The number of hydrogen-bond donors (Lipinski definition) is 1. The lowest BCUT2D eigenvalue weighted by molar-refractivity contribution is 0.300. The molecule has 1 N–H and O–H groups in total. The number of aromatic nitrogens is 2. The van der Waals surface area contributed by atoms with Crippen molar-refractivity contribution in [1.29, 1.82) is 0 Å². The van der Waals surface area contributed by atoms with Crippen LogP contribution in [0.4, 0.5) is 5.95 Å². The van der Waals surface area contributed by atoms with Gasteiger partial charge in [-0.1, -0.05) is 6.92 Å². The lowest BCUT2D eigenvalue weighted by Gasteiger charge is -2.11. The molecule has 4 nitrogen and oxygen atoms in total. The van der Waals surface area contributed by atoms with Crippen molar-refractivity contribution < 1.29 is 5.11 Å². The number of aliphatic hydroxyl groups is 1. The highest BCUT2D eigenvalue weighted by molar-refractivity contribution is 7.99. The maximum absolute atomic E-state index is 8.90. The Morgan fingerprint density at radius 2 is 2.29 bits per heavy atom. The Balaban J connectivity index is 2.73. The number of thioether (sulfide) groups is 1. The molecule has 0 saturated carbocycles. The molecule has 0 saturated heterocycles. The van der Waals surface area contributed by atoms with Crippen LogP contribution in [-0.4, -0.2) is 41.0 Å². The van der Waals surface area contributed by atoms with E-state index >= 15 is 0 Å². The van der Waals surface area contributed by atoms with Crippen molar-refractivity contribution in [2.45, 2.75) is 17.2 Å². The van der Waals surface area contributed by atoms with Crippen LogP contribution in [0.25, 0.3) is 0 Å². The van der Waals surface area contributed by atoms with E-state index in [1.807, 2.05) is 32.0 Å². The quantitative estimate of drug-likeness (QED) is 0.597. The molecule has 1 atom stereocenters. The molecule has 78 valence electrons. The smallest absolute Gasteiger partial charge is 0.225 e. The normalized spacial score (nSPS) is 12.6. The van der Waals surface area contributed by atoms with Gasteiger partial charge in [0.25, 0.3) is 0 Å². The van der Waals surface area contributed by atoms with Gasteiger partial charge in [0.2, 0.25) is 5.95 Å². The third-order valence-corrected chi connectivity index (χ3v) is 2.62. The van der Waals surface area contributed by atoms with Gasteiger partial charge in [-0.25, -0.2) is 9.97 Å². The van der Waals surface area contributed by atoms with E-state index in [0.717, 1.165) is 5.03 Å². The summed E-state index contributed by atoms with van der Waals surface area (Å²) in [7, 11) is 3.80. The van der Waals surface area contributed by atoms with E-state index < -0.39 is 0 Å². The van der Waals surface area contributed by atoms with Crippen LogP contribution in [0, 0.1) is 0 Å². The van der Waals surface area contributed by atoms with Gasteiger partial charge in [-0.2, -0.15) is 0 Å². The number of hydrogen-bond acceptors (Lipinski definition) is 5. The molecule has 0 aliphatic heterocycles. The number of rotatable bonds is 4. The average Bonchev–Trinajstić information content (AvgIpc) is 2.18. The molecule has 5 heteroatoms. The second-order valence-electron chi connectivity index (χ2n) is 3.20. The van der Waals surface area contributed by atoms with Crippen LogP contribution in [0.1, 0.15) is 6.92 Å². The molecule has 0 aliphatic rings. The topological polar surface area (TPSA) is 49.3 Å². The van der Waals surface area contributed by atoms with Crippen LogP contribution in [0.2, 0.25) is 0 Å². The SMILES string of the molecule is CC(CO)Sc1ccnc(N(C)C)n1. The minimum atomic E-state index is 0.159. The molecule has 0 spiro atoms. The third-order valence-electron chi connectivity index (χ3n) is 1.60. The number of anilines is 1. The summed E-state index contributed by atoms with van der Waals surface area (Å²) >= 11 is 1.55. The maximum atomic E-state index is 8.90. The molecule has 1 aromatic rings. The summed E-state index contributed by atoms with van der Waals surface area (Å²) in [6, 6.07) is 1.85. The monoisotopic (exact) mass is 213 g/mol. The van der Waals surface area contributed by atoms with E-state index in [2.05, 4.69) is 9.97 Å². The minimum absolute atomic E-state index is 0.159. The maximum Gasteiger partial charge on any atom is 0.225 e. The van der Waals surface area contributed by atoms with Crippen molar-refractivity contribution in [3.8, 4) is 0 Å². The molecule has 0 radical (unpaired) electrons. The van der Waals surface area contributed by atoms with Gasteiger partial charge in [-0.05, 0) is 6.07 Å². The first-order valence-corrected chi connectivity index (χ1v) is 5.29. The molecule has 1 heterocycles. The summed E-state index contributed by atoms with van der Waals surface area (Å²) in [5.74, 6) is 0.695. The third kappa shape index (κ3) is 3.16. The van der Waals surface area contributed by atoms with E-state index in [1.165, 1.54) is 0 Å². The van der Waals surface area contributed by atoms with Gasteiger partial charge in [0, 0.05) is 25.5 Å². The van der Waals surface area contributed by atoms with Gasteiger partial charge in [-0.3, -0.25) is 0 Å². The van der Waals surface area contributed by atoms with Crippen molar-refractivity contribution in [2.75, 3.05) is 25.6 Å². The van der Waals surface area contributed by atoms with E-state index in [1.54, 1.807) is 18.0 Å². The molecule has 0 fully saturated rings. The van der Waals surface area contributed by atoms with Crippen molar-refractivity contribution in [3.05, 3.63) is 12.3 Å². The summed E-state index contributed by atoms with van der Waals surface area (Å²) in [5, 5.41) is 9.96. The molecule has 14 heavy (non-hydrogen) atoms. The van der Waals surface area contributed by atoms with Gasteiger partial charge in [-0.15, -0.1) is 11.8 Å².